The summed E-state index contributed by atoms with van der Waals surface area (Å²) in [5.41, 5.74) is 1.57. The van der Waals surface area contributed by atoms with Gasteiger partial charge in [-0.05, 0) is 29.8 Å². The summed E-state index contributed by atoms with van der Waals surface area (Å²) < 4.78 is 10.6. The number of benzene rings is 1. The lowest BCUT2D eigenvalue weighted by molar-refractivity contribution is 0.109. The quantitative estimate of drug-likeness (QED) is 0.838. The van der Waals surface area contributed by atoms with Gasteiger partial charge in [0, 0.05) is 32.7 Å². The Morgan fingerprint density at radius 1 is 0.963 bits per heavy atom. The highest BCUT2D eigenvalue weighted by Gasteiger charge is 2.21. The van der Waals surface area contributed by atoms with Crippen molar-refractivity contribution in [1.82, 2.24) is 4.90 Å². The summed E-state index contributed by atoms with van der Waals surface area (Å²) in [7, 11) is 3.18. The van der Waals surface area contributed by atoms with Crippen LogP contribution in [0.2, 0.25) is 0 Å². The molecule has 2 aromatic carbocycles. The van der Waals surface area contributed by atoms with Crippen LogP contribution in [-0.2, 0) is 0 Å². The lowest BCUT2D eigenvalue weighted by atomic mass is 10.1. The molecule has 1 heterocycles. The zero-order valence-corrected chi connectivity index (χ0v) is 15.8. The van der Waals surface area contributed by atoms with E-state index < -0.39 is 6.10 Å². The minimum Gasteiger partial charge on any atom is -0.493 e. The molecule has 0 bridgehead atoms. The molecule has 0 aromatic heterocycles. The number of β-amino-alcohol motifs (C(OH)–C–C–N with tert-alkyl or cyclic N) is 1. The highest BCUT2D eigenvalue weighted by Crippen LogP contribution is 2.30. The van der Waals surface area contributed by atoms with Crippen LogP contribution in [0.4, 0.5) is 5.69 Å². The molecule has 0 aliphatic carbocycles. The van der Waals surface area contributed by atoms with Crippen molar-refractivity contribution in [1.29, 1.82) is 0 Å². The zero-order valence-electron chi connectivity index (χ0n) is 15.8. The monoisotopic (exact) mass is 370 g/mol. The Kier molecular flexibility index (Phi) is 6.32. The largest absolute Gasteiger partial charge is 0.493 e. The van der Waals surface area contributed by atoms with Crippen molar-refractivity contribution in [3.63, 3.8) is 0 Å². The Balaban J connectivity index is 1.61. The van der Waals surface area contributed by atoms with Gasteiger partial charge >= 0.3 is 0 Å². The van der Waals surface area contributed by atoms with Crippen molar-refractivity contribution in [2.45, 2.75) is 6.10 Å². The molecule has 0 unspecified atom stereocenters. The highest BCUT2D eigenvalue weighted by atomic mass is 16.5. The number of piperazine rings is 1. The van der Waals surface area contributed by atoms with Gasteiger partial charge in [0.25, 0.3) is 0 Å². The molecule has 1 N–H and O–H groups in total. The first-order chi connectivity index (χ1) is 13.1. The minimum absolute atomic E-state index is 0.0406. The summed E-state index contributed by atoms with van der Waals surface area (Å²) in [4.78, 5) is 16.5. The van der Waals surface area contributed by atoms with Gasteiger partial charge in [0.15, 0.2) is 11.5 Å². The summed E-state index contributed by atoms with van der Waals surface area (Å²) in [5, 5.41) is 10.6. The van der Waals surface area contributed by atoms with Crippen LogP contribution in [0.25, 0.3) is 0 Å². The zero-order chi connectivity index (χ0) is 19.2. The van der Waals surface area contributed by atoms with E-state index in [4.69, 9.17) is 9.47 Å². The van der Waals surface area contributed by atoms with Crippen LogP contribution in [0.3, 0.4) is 0 Å². The Bertz CT molecular complexity index is 819. The molecule has 0 amide bonds. The third kappa shape index (κ3) is 4.59. The summed E-state index contributed by atoms with van der Waals surface area (Å²) in [6.07, 6.45) is -0.610. The van der Waals surface area contributed by atoms with E-state index in [0.717, 1.165) is 37.4 Å². The second kappa shape index (κ2) is 8.88. The molecule has 0 spiro atoms. The normalized spacial score (nSPS) is 16.0. The molecule has 2 aromatic rings. The predicted octanol–water partition coefficient (Wildman–Crippen LogP) is 1.92. The van der Waals surface area contributed by atoms with Gasteiger partial charge in [0.05, 0.1) is 26.0 Å². The van der Waals surface area contributed by atoms with E-state index in [-0.39, 0.29) is 5.43 Å². The van der Waals surface area contributed by atoms with Gasteiger partial charge in [-0.3, -0.25) is 9.69 Å². The molecule has 6 nitrogen and oxygen atoms in total. The van der Waals surface area contributed by atoms with Crippen LogP contribution in [0, 0.1) is 0 Å². The van der Waals surface area contributed by atoms with Crippen molar-refractivity contribution >= 4 is 5.69 Å². The number of anilines is 1. The van der Waals surface area contributed by atoms with Crippen LogP contribution in [0.15, 0.2) is 53.3 Å². The Labute approximate surface area is 159 Å². The minimum atomic E-state index is -0.610. The van der Waals surface area contributed by atoms with Crippen molar-refractivity contribution in [2.75, 3.05) is 51.8 Å². The number of hydrogen-bond donors (Lipinski definition) is 1. The van der Waals surface area contributed by atoms with Gasteiger partial charge in [-0.1, -0.05) is 24.3 Å². The van der Waals surface area contributed by atoms with E-state index >= 15 is 0 Å². The van der Waals surface area contributed by atoms with Crippen LogP contribution in [0.5, 0.6) is 11.5 Å². The molecule has 1 atom stereocenters. The van der Waals surface area contributed by atoms with Crippen LogP contribution in [-0.4, -0.2) is 56.9 Å². The molecule has 1 fully saturated rings. The average molecular weight is 370 g/mol. The fraction of sp³-hybridized carbons (Fsp3) is 0.381. The molecular formula is C21H26N2O4. The fourth-order valence-electron chi connectivity index (χ4n) is 3.36. The third-order valence-corrected chi connectivity index (χ3v) is 4.91. The third-order valence-electron chi connectivity index (χ3n) is 4.91. The van der Waals surface area contributed by atoms with Gasteiger partial charge in [-0.15, -0.1) is 0 Å². The first kappa shape index (κ1) is 19.2. The molecule has 6 heteroatoms. The smallest absolute Gasteiger partial charge is 0.201 e. The predicted molar refractivity (Wildman–Crippen MR) is 106 cm³/mol. The maximum atomic E-state index is 12.2. The average Bonchev–Trinajstić information content (AvgIpc) is 2.92. The topological polar surface area (TPSA) is 62.2 Å². The highest BCUT2D eigenvalue weighted by molar-refractivity contribution is 5.46. The molecule has 1 aliphatic rings. The van der Waals surface area contributed by atoms with Crippen molar-refractivity contribution in [3.8, 4) is 11.5 Å². The van der Waals surface area contributed by atoms with Crippen molar-refractivity contribution in [3.05, 3.63) is 64.3 Å². The molecule has 144 valence electrons. The van der Waals surface area contributed by atoms with Gasteiger partial charge in [0.2, 0.25) is 5.43 Å². The molecule has 0 radical (unpaired) electrons. The summed E-state index contributed by atoms with van der Waals surface area (Å²) in [5.74, 6) is 1.25. The molecular weight excluding hydrogens is 344 g/mol. The second-order valence-corrected chi connectivity index (χ2v) is 6.58. The van der Waals surface area contributed by atoms with E-state index in [9.17, 15) is 9.90 Å². The van der Waals surface area contributed by atoms with Gasteiger partial charge < -0.3 is 19.5 Å². The van der Waals surface area contributed by atoms with Crippen LogP contribution >= 0.6 is 0 Å². The van der Waals surface area contributed by atoms with Gasteiger partial charge in [-0.2, -0.15) is 0 Å². The van der Waals surface area contributed by atoms with E-state index in [1.807, 2.05) is 30.3 Å². The molecule has 0 saturated carbocycles. The Morgan fingerprint density at radius 2 is 1.67 bits per heavy atom. The fourth-order valence-corrected chi connectivity index (χ4v) is 3.36. The maximum Gasteiger partial charge on any atom is 0.201 e. The first-order valence-corrected chi connectivity index (χ1v) is 9.09. The van der Waals surface area contributed by atoms with Gasteiger partial charge in [0.1, 0.15) is 0 Å². The number of rotatable bonds is 6. The lowest BCUT2D eigenvalue weighted by Gasteiger charge is -2.36. The molecule has 1 aliphatic heterocycles. The number of hydrogen-bond acceptors (Lipinski definition) is 6. The SMILES string of the molecule is COc1ccc([C@H](O)CN2CCN(c3cccccc3=O)CC2)cc1OC. The Hall–Kier alpha value is -2.57. The Morgan fingerprint density at radius 3 is 2.37 bits per heavy atom. The standard InChI is InChI=1S/C21H26N2O4/c1-26-20-9-8-16(14-21(20)27-2)19(25)15-22-10-12-23(13-11-22)17-6-4-3-5-7-18(17)24/h3-9,14,19,25H,10-13,15H2,1-2H3/t19-/m1/s1. The maximum absolute atomic E-state index is 12.2. The van der Waals surface area contributed by atoms with Crippen LogP contribution in [0.1, 0.15) is 11.7 Å². The number of aliphatic hydroxyl groups excluding tert-OH is 1. The number of methoxy groups -OCH3 is 2. The summed E-state index contributed by atoms with van der Waals surface area (Å²) >= 11 is 0. The van der Waals surface area contributed by atoms with Gasteiger partial charge in [-0.25, -0.2) is 0 Å². The molecule has 1 saturated heterocycles. The molecule has 3 rings (SSSR count). The van der Waals surface area contributed by atoms with E-state index in [1.54, 1.807) is 32.4 Å². The first-order valence-electron chi connectivity index (χ1n) is 9.09. The second-order valence-electron chi connectivity index (χ2n) is 6.58. The van der Waals surface area contributed by atoms with E-state index in [0.29, 0.717) is 18.0 Å². The number of aliphatic hydroxyl groups is 1. The van der Waals surface area contributed by atoms with Crippen molar-refractivity contribution in [2.24, 2.45) is 0 Å². The van der Waals surface area contributed by atoms with Crippen molar-refractivity contribution < 1.29 is 14.6 Å². The van der Waals surface area contributed by atoms with Crippen LogP contribution < -0.4 is 19.8 Å². The molecule has 27 heavy (non-hydrogen) atoms. The van der Waals surface area contributed by atoms with E-state index in [1.165, 1.54) is 0 Å². The van der Waals surface area contributed by atoms with E-state index in [2.05, 4.69) is 9.80 Å². The number of ether oxygens (including phenoxy) is 2. The summed E-state index contributed by atoms with van der Waals surface area (Å²) in [6.45, 7) is 3.65. The number of nitrogens with zero attached hydrogens (tertiary/aromatic N) is 2. The lowest BCUT2D eigenvalue weighted by Crippen LogP contribution is -2.48. The summed E-state index contributed by atoms with van der Waals surface area (Å²) in [6, 6.07) is 14.5.